The van der Waals surface area contributed by atoms with E-state index in [2.05, 4.69) is 112 Å². The topological polar surface area (TPSA) is 106 Å². The summed E-state index contributed by atoms with van der Waals surface area (Å²) in [6, 6.07) is 48.5. The van der Waals surface area contributed by atoms with Crippen molar-refractivity contribution in [3.63, 3.8) is 0 Å². The second kappa shape index (κ2) is 16.3. The molecule has 0 spiro atoms. The van der Waals surface area contributed by atoms with Crippen molar-refractivity contribution in [3.05, 3.63) is 185 Å². The van der Waals surface area contributed by atoms with Gasteiger partial charge in [-0.15, -0.1) is 5.11 Å². The Balaban J connectivity index is 0.943. The number of anilines is 4. The normalized spacial score (nSPS) is 11.1. The van der Waals surface area contributed by atoms with Crippen molar-refractivity contribution >= 4 is 56.8 Å². The lowest BCUT2D eigenvalue weighted by molar-refractivity contribution is 0.0967. The molecule has 272 valence electrons. The highest BCUT2D eigenvalue weighted by atomic mass is 16.3. The number of phenolic OH excluding ortho intramolecular Hbond substituents is 1. The Morgan fingerprint density at radius 1 is 0.582 bits per heavy atom. The predicted molar refractivity (Wildman–Crippen MR) is 222 cm³/mol. The Kier molecular flexibility index (Phi) is 10.8. The van der Waals surface area contributed by atoms with E-state index in [0.717, 1.165) is 41.0 Å². The van der Waals surface area contributed by atoms with E-state index in [1.54, 1.807) is 24.3 Å². The van der Waals surface area contributed by atoms with Gasteiger partial charge in [-0.25, -0.2) is 4.79 Å². The second-order valence-electron chi connectivity index (χ2n) is 13.7. The molecule has 8 nitrogen and oxygen atoms in total. The fourth-order valence-electron chi connectivity index (χ4n) is 6.30. The minimum atomic E-state index is -0.637. The molecule has 7 aromatic rings. The lowest BCUT2D eigenvalue weighted by Crippen LogP contribution is -2.34. The Labute approximate surface area is 320 Å². The number of rotatable bonds is 10. The quantitative estimate of drug-likeness (QED) is 0.122. The number of phenols is 1. The first kappa shape index (κ1) is 36.3. The fraction of sp³-hybridized carbons (Fsp3) is 0.106. The number of imide groups is 1. The molecule has 0 aliphatic heterocycles. The van der Waals surface area contributed by atoms with Gasteiger partial charge >= 0.3 is 6.03 Å². The van der Waals surface area contributed by atoms with Crippen molar-refractivity contribution in [2.75, 3.05) is 10.2 Å². The number of hydrogen-bond donors (Lipinski definition) is 3. The number of nitrogens with zero attached hydrogens (tertiary/aromatic N) is 3. The molecule has 3 amide bonds. The fourth-order valence-corrected chi connectivity index (χ4v) is 6.30. The molecule has 0 radical (unpaired) electrons. The van der Waals surface area contributed by atoms with Crippen molar-refractivity contribution in [2.45, 2.75) is 33.6 Å². The highest BCUT2D eigenvalue weighted by molar-refractivity contribution is 6.10. The first-order valence-electron chi connectivity index (χ1n) is 18.2. The summed E-state index contributed by atoms with van der Waals surface area (Å²) in [5.41, 5.74) is 11.0. The van der Waals surface area contributed by atoms with Crippen molar-refractivity contribution < 1.29 is 14.7 Å². The summed E-state index contributed by atoms with van der Waals surface area (Å²) < 4.78 is 0. The smallest absolute Gasteiger partial charge is 0.326 e. The molecule has 7 aromatic carbocycles. The van der Waals surface area contributed by atoms with Crippen LogP contribution in [0.5, 0.6) is 5.75 Å². The maximum Gasteiger partial charge on any atom is 0.326 e. The van der Waals surface area contributed by atoms with Crippen LogP contribution in [0.3, 0.4) is 0 Å². The molecule has 0 fully saturated rings. The van der Waals surface area contributed by atoms with Gasteiger partial charge in [-0.3, -0.25) is 10.1 Å². The number of urea groups is 1. The maximum atomic E-state index is 13.0. The molecule has 0 saturated heterocycles. The average Bonchev–Trinajstić information content (AvgIpc) is 3.19. The third kappa shape index (κ3) is 8.95. The number of aryl methyl sites for hydroxylation is 5. The molecule has 0 aromatic heterocycles. The molecule has 7 rings (SSSR count). The van der Waals surface area contributed by atoms with Crippen LogP contribution in [0.15, 0.2) is 162 Å². The third-order valence-electron chi connectivity index (χ3n) is 9.45. The number of carbonyl (C=O) groups excluding carboxylic acids is 2. The highest BCUT2D eigenvalue weighted by Crippen LogP contribution is 2.37. The number of hydrogen-bond acceptors (Lipinski definition) is 6. The van der Waals surface area contributed by atoms with Gasteiger partial charge in [0.2, 0.25) is 0 Å². The first-order chi connectivity index (χ1) is 26.7. The van der Waals surface area contributed by atoms with Gasteiger partial charge in [0.15, 0.2) is 0 Å². The molecule has 0 aliphatic carbocycles. The molecular formula is C47H41N5O3. The van der Waals surface area contributed by atoms with Crippen LogP contribution in [-0.4, -0.2) is 17.0 Å². The van der Waals surface area contributed by atoms with Crippen molar-refractivity contribution in [1.29, 1.82) is 0 Å². The average molecular weight is 724 g/mol. The Bertz CT molecular complexity index is 2430. The molecular weight excluding hydrogens is 683 g/mol. The molecule has 0 bridgehead atoms. The summed E-state index contributed by atoms with van der Waals surface area (Å²) in [5.74, 6) is -0.585. The van der Waals surface area contributed by atoms with E-state index in [-0.39, 0.29) is 11.3 Å². The van der Waals surface area contributed by atoms with E-state index in [9.17, 15) is 14.7 Å². The van der Waals surface area contributed by atoms with Crippen LogP contribution >= 0.6 is 0 Å². The molecule has 3 N–H and O–H groups in total. The molecule has 0 unspecified atom stereocenters. The minimum absolute atomic E-state index is 0.0279. The van der Waals surface area contributed by atoms with E-state index < -0.39 is 11.9 Å². The van der Waals surface area contributed by atoms with E-state index in [1.165, 1.54) is 22.8 Å². The largest absolute Gasteiger partial charge is 0.506 e. The monoisotopic (exact) mass is 723 g/mol. The molecule has 8 heteroatoms. The van der Waals surface area contributed by atoms with Gasteiger partial charge in [0.25, 0.3) is 5.91 Å². The number of carbonyl (C=O) groups is 2. The van der Waals surface area contributed by atoms with Gasteiger partial charge < -0.3 is 15.3 Å². The number of nitrogens with one attached hydrogen (secondary N) is 2. The van der Waals surface area contributed by atoms with Crippen LogP contribution in [0, 0.1) is 20.8 Å². The zero-order valence-electron chi connectivity index (χ0n) is 31.0. The molecule has 0 saturated carbocycles. The summed E-state index contributed by atoms with van der Waals surface area (Å²) in [4.78, 5) is 28.1. The van der Waals surface area contributed by atoms with Gasteiger partial charge in [-0.05, 0) is 129 Å². The van der Waals surface area contributed by atoms with E-state index in [4.69, 9.17) is 0 Å². The molecule has 0 heterocycles. The van der Waals surface area contributed by atoms with Crippen LogP contribution in [0.1, 0.15) is 38.2 Å². The second-order valence-corrected chi connectivity index (χ2v) is 13.7. The first-order valence-corrected chi connectivity index (χ1v) is 18.2. The Morgan fingerprint density at radius 3 is 1.65 bits per heavy atom. The van der Waals surface area contributed by atoms with E-state index >= 15 is 0 Å². The standard InChI is InChI=1S/C47H41N5O3/c1-31-4-18-39(19-5-31)50-51-45-43-28-16-37(30-36(43)17-29-44(45)53)46(54)49-47(55)48-38-20-12-34(13-21-38)10-11-35-14-26-42(27-15-35)52(40-22-6-32(2)7-23-40)41-24-8-33(3)9-25-41/h4-9,12-30,53H,10-11H2,1-3H3,(H2,48,49,54,55). The number of fused-ring (bicyclic) bond motifs is 1. The van der Waals surface area contributed by atoms with Crippen LogP contribution < -0.4 is 15.5 Å². The number of aromatic hydroxyl groups is 1. The number of benzene rings is 7. The summed E-state index contributed by atoms with van der Waals surface area (Å²) in [5, 5.41) is 25.5. The van der Waals surface area contributed by atoms with Crippen molar-refractivity contribution in [2.24, 2.45) is 10.2 Å². The number of amides is 3. The summed E-state index contributed by atoms with van der Waals surface area (Å²) >= 11 is 0. The van der Waals surface area contributed by atoms with Crippen LogP contribution in [0.2, 0.25) is 0 Å². The predicted octanol–water partition coefficient (Wildman–Crippen LogP) is 12.1. The maximum absolute atomic E-state index is 13.0. The zero-order chi connectivity index (χ0) is 38.3. The van der Waals surface area contributed by atoms with Gasteiger partial charge in [0.05, 0.1) is 5.69 Å². The highest BCUT2D eigenvalue weighted by Gasteiger charge is 2.15. The van der Waals surface area contributed by atoms with Crippen molar-refractivity contribution in [1.82, 2.24) is 5.32 Å². The third-order valence-corrected chi connectivity index (χ3v) is 9.45. The van der Waals surface area contributed by atoms with E-state index in [1.807, 2.05) is 55.5 Å². The van der Waals surface area contributed by atoms with Gasteiger partial charge in [0.1, 0.15) is 11.4 Å². The molecule has 55 heavy (non-hydrogen) atoms. The van der Waals surface area contributed by atoms with Crippen LogP contribution in [0.4, 0.5) is 38.9 Å². The lowest BCUT2D eigenvalue weighted by Gasteiger charge is -2.26. The lowest BCUT2D eigenvalue weighted by atomic mass is 10.0. The van der Waals surface area contributed by atoms with Crippen LogP contribution in [-0.2, 0) is 12.8 Å². The minimum Gasteiger partial charge on any atom is -0.506 e. The molecule has 0 atom stereocenters. The summed E-state index contributed by atoms with van der Waals surface area (Å²) in [7, 11) is 0. The Morgan fingerprint density at radius 2 is 1.09 bits per heavy atom. The zero-order valence-corrected chi connectivity index (χ0v) is 31.0. The van der Waals surface area contributed by atoms with E-state index in [0.29, 0.717) is 27.8 Å². The van der Waals surface area contributed by atoms with Gasteiger partial charge in [0, 0.05) is 33.7 Å². The summed E-state index contributed by atoms with van der Waals surface area (Å²) in [6.45, 7) is 6.18. The van der Waals surface area contributed by atoms with Gasteiger partial charge in [-0.1, -0.05) is 89.5 Å². The van der Waals surface area contributed by atoms with Crippen molar-refractivity contribution in [3.8, 4) is 5.75 Å². The SMILES string of the molecule is Cc1ccc(N=Nc2c(O)ccc3cc(C(=O)NC(=O)Nc4ccc(CCc5ccc(N(c6ccc(C)cc6)c6ccc(C)cc6)cc5)cc4)ccc23)cc1. The summed E-state index contributed by atoms with van der Waals surface area (Å²) in [6.07, 6.45) is 1.69. The van der Waals surface area contributed by atoms with Gasteiger partial charge in [-0.2, -0.15) is 5.11 Å². The van der Waals surface area contributed by atoms with Crippen LogP contribution in [0.25, 0.3) is 10.8 Å². The molecule has 0 aliphatic rings. The number of azo groups is 1. The Hall–Kier alpha value is -7.06.